The summed E-state index contributed by atoms with van der Waals surface area (Å²) < 4.78 is 39.1. The highest BCUT2D eigenvalue weighted by Crippen LogP contribution is 2.71. The third-order valence-corrected chi connectivity index (χ3v) is 10.7. The second-order valence-corrected chi connectivity index (χ2v) is 12.4. The Labute approximate surface area is 128 Å². The van der Waals surface area contributed by atoms with Gasteiger partial charge in [0.15, 0.2) is 0 Å². The zero-order valence-electron chi connectivity index (χ0n) is 12.1. The van der Waals surface area contributed by atoms with Crippen LogP contribution in [-0.4, -0.2) is 26.6 Å². The van der Waals surface area contributed by atoms with Crippen LogP contribution in [0.4, 0.5) is 0 Å². The fourth-order valence-electron chi connectivity index (χ4n) is 1.24. The first-order valence-corrected chi connectivity index (χ1v) is 10.5. The second kappa shape index (κ2) is 7.87. The van der Waals surface area contributed by atoms with Crippen molar-refractivity contribution in [2.24, 2.45) is 0 Å². The van der Waals surface area contributed by atoms with E-state index in [1.54, 1.807) is 64.1 Å². The topological polar surface area (TPSA) is 82.1 Å². The van der Waals surface area contributed by atoms with E-state index in [1.807, 2.05) is 0 Å². The Morgan fingerprint density at radius 3 is 1.42 bits per heavy atom. The van der Waals surface area contributed by atoms with E-state index in [9.17, 15) is 14.0 Å². The molecule has 0 radical (unpaired) electrons. The first-order valence-electron chi connectivity index (χ1n) is 6.02. The highest BCUT2D eigenvalue weighted by atomic mass is 127. The molecular weight excluding hydrogens is 405 g/mol. The van der Waals surface area contributed by atoms with Crippen molar-refractivity contribution in [3.05, 3.63) is 0 Å². The molecular formula is C10H23IO6P2. The largest absolute Gasteiger partial charge is 0.356 e. The molecule has 0 aliphatic heterocycles. The Bertz CT molecular complexity index is 357. The van der Waals surface area contributed by atoms with Gasteiger partial charge in [0.25, 0.3) is 0 Å². The molecule has 6 nitrogen and oxygen atoms in total. The molecule has 0 saturated heterocycles. The number of halogens is 1. The molecule has 0 aromatic carbocycles. The van der Waals surface area contributed by atoms with Crippen LogP contribution >= 0.6 is 37.8 Å². The van der Waals surface area contributed by atoms with Gasteiger partial charge in [0.1, 0.15) is 0 Å². The van der Waals surface area contributed by atoms with E-state index >= 15 is 0 Å². The van der Waals surface area contributed by atoms with E-state index < -0.39 is 24.7 Å². The summed E-state index contributed by atoms with van der Waals surface area (Å²) in [5.41, 5.74) is 0. The fourth-order valence-corrected chi connectivity index (χ4v) is 6.48. The fraction of sp³-hybridized carbons (Fsp3) is 1.00. The Kier molecular flexibility index (Phi) is 8.30. The van der Waals surface area contributed by atoms with Crippen molar-refractivity contribution in [2.75, 3.05) is 0 Å². The predicted molar refractivity (Wildman–Crippen MR) is 83.9 cm³/mol. The first-order chi connectivity index (χ1) is 8.40. The molecule has 0 bridgehead atoms. The summed E-state index contributed by atoms with van der Waals surface area (Å²) in [5.74, 6) is 0. The van der Waals surface area contributed by atoms with Gasteiger partial charge in [-0.3, -0.25) is 9.13 Å². The number of hydrogen-bond donors (Lipinski definition) is 1. The lowest BCUT2D eigenvalue weighted by atomic mass is 10.5. The lowest BCUT2D eigenvalue weighted by molar-refractivity contribution is 0.141. The Hall–Kier alpha value is 1.03. The van der Waals surface area contributed by atoms with Crippen molar-refractivity contribution < 1.29 is 27.6 Å². The second-order valence-electron chi connectivity index (χ2n) is 4.88. The first kappa shape index (κ1) is 20.0. The van der Waals surface area contributed by atoms with Gasteiger partial charge >= 0.3 is 15.2 Å². The summed E-state index contributed by atoms with van der Waals surface area (Å²) in [6, 6.07) is 0. The zero-order chi connectivity index (χ0) is 15.4. The maximum atomic E-state index is 12.7. The van der Waals surface area contributed by atoms with Gasteiger partial charge in [-0.25, -0.2) is 0 Å². The van der Waals surface area contributed by atoms with Crippen LogP contribution in [0.5, 0.6) is 0 Å². The highest BCUT2D eigenvalue weighted by Gasteiger charge is 2.49. The third kappa shape index (κ3) is 7.02. The van der Waals surface area contributed by atoms with Gasteiger partial charge in [-0.15, -0.1) is 0 Å². The SMILES string of the molecule is CC(C)OP(=O)(O)C(I)P(=O)(OC(C)C)OC(C)C. The number of rotatable bonds is 8. The maximum Gasteiger partial charge on any atom is 0.356 e. The molecule has 0 aromatic rings. The molecule has 0 rings (SSSR count). The highest BCUT2D eigenvalue weighted by molar-refractivity contribution is 14.1. The number of alkyl halides is 1. The third-order valence-electron chi connectivity index (χ3n) is 1.61. The molecule has 0 saturated carbocycles. The minimum Gasteiger partial charge on any atom is -0.323 e. The van der Waals surface area contributed by atoms with Crippen molar-refractivity contribution in [1.29, 1.82) is 0 Å². The average Bonchev–Trinajstić information content (AvgIpc) is 2.11. The predicted octanol–water partition coefficient (Wildman–Crippen LogP) is 4.36. The number of hydrogen-bond acceptors (Lipinski definition) is 5. The molecule has 2 unspecified atom stereocenters. The molecule has 1 N–H and O–H groups in total. The zero-order valence-corrected chi connectivity index (χ0v) is 16.0. The van der Waals surface area contributed by atoms with Gasteiger partial charge in [0, 0.05) is 0 Å². The summed E-state index contributed by atoms with van der Waals surface area (Å²) in [6.45, 7) is 10.0. The molecule has 0 amide bonds. The molecule has 0 aromatic heterocycles. The van der Waals surface area contributed by atoms with Crippen molar-refractivity contribution in [3.63, 3.8) is 0 Å². The van der Waals surface area contributed by atoms with Crippen LogP contribution in [0, 0.1) is 0 Å². The van der Waals surface area contributed by atoms with Crippen molar-refractivity contribution in [2.45, 2.75) is 63.3 Å². The van der Waals surface area contributed by atoms with E-state index in [4.69, 9.17) is 13.6 Å². The van der Waals surface area contributed by atoms with Gasteiger partial charge in [0.2, 0.25) is 3.41 Å². The maximum absolute atomic E-state index is 12.7. The standard InChI is InChI=1S/C10H23IO6P2/c1-7(2)15-18(12,13)10(11)19(14,16-8(3)4)17-9(5)6/h7-10H,1-6H3,(H,12,13). The molecule has 116 valence electrons. The summed E-state index contributed by atoms with van der Waals surface area (Å²) in [6.07, 6.45) is -1.23. The van der Waals surface area contributed by atoms with E-state index in [0.29, 0.717) is 0 Å². The van der Waals surface area contributed by atoms with Gasteiger partial charge in [0.05, 0.1) is 18.3 Å². The smallest absolute Gasteiger partial charge is 0.323 e. The molecule has 9 heteroatoms. The van der Waals surface area contributed by atoms with E-state index in [-0.39, 0.29) is 12.2 Å². The summed E-state index contributed by atoms with van der Waals surface area (Å²) in [4.78, 5) is 9.91. The van der Waals surface area contributed by atoms with Crippen molar-refractivity contribution in [3.8, 4) is 0 Å². The monoisotopic (exact) mass is 428 g/mol. The summed E-state index contributed by atoms with van der Waals surface area (Å²) in [5, 5.41) is 0. The van der Waals surface area contributed by atoms with Crippen LogP contribution in [0.2, 0.25) is 0 Å². The van der Waals surface area contributed by atoms with Crippen LogP contribution in [0.15, 0.2) is 0 Å². The van der Waals surface area contributed by atoms with Crippen molar-refractivity contribution in [1.82, 2.24) is 0 Å². The van der Waals surface area contributed by atoms with Crippen LogP contribution < -0.4 is 0 Å². The van der Waals surface area contributed by atoms with Crippen LogP contribution in [0.25, 0.3) is 0 Å². The van der Waals surface area contributed by atoms with Gasteiger partial charge < -0.3 is 18.5 Å². The summed E-state index contributed by atoms with van der Waals surface area (Å²) >= 11 is 1.61. The average molecular weight is 428 g/mol. The Morgan fingerprint density at radius 2 is 1.16 bits per heavy atom. The Morgan fingerprint density at radius 1 is 0.842 bits per heavy atom. The van der Waals surface area contributed by atoms with Crippen LogP contribution in [0.3, 0.4) is 0 Å². The molecule has 2 atom stereocenters. The quantitative estimate of drug-likeness (QED) is 0.352. The normalized spacial score (nSPS) is 18.1. The van der Waals surface area contributed by atoms with E-state index in [2.05, 4.69) is 0 Å². The van der Waals surface area contributed by atoms with Crippen molar-refractivity contribution >= 4 is 37.8 Å². The lowest BCUT2D eigenvalue weighted by Gasteiger charge is -2.29. The molecule has 0 aliphatic carbocycles. The van der Waals surface area contributed by atoms with Gasteiger partial charge in [-0.1, -0.05) is 22.6 Å². The molecule has 0 spiro atoms. The molecule has 0 fully saturated rings. The van der Waals surface area contributed by atoms with Crippen LogP contribution in [0.1, 0.15) is 41.5 Å². The lowest BCUT2D eigenvalue weighted by Crippen LogP contribution is -2.16. The summed E-state index contributed by atoms with van der Waals surface area (Å²) in [7, 11) is -7.85. The molecule has 19 heavy (non-hydrogen) atoms. The van der Waals surface area contributed by atoms with Gasteiger partial charge in [-0.2, -0.15) is 0 Å². The Balaban J connectivity index is 5.26. The van der Waals surface area contributed by atoms with E-state index in [1.165, 1.54) is 0 Å². The van der Waals surface area contributed by atoms with E-state index in [0.717, 1.165) is 0 Å². The minimum atomic E-state index is -4.10. The van der Waals surface area contributed by atoms with Crippen LogP contribution in [-0.2, 0) is 22.7 Å². The molecule has 0 aliphatic rings. The molecule has 0 heterocycles. The minimum absolute atomic E-state index is 0.388. The van der Waals surface area contributed by atoms with Gasteiger partial charge in [-0.05, 0) is 41.5 Å².